The molecule has 0 aromatic rings. The van der Waals surface area contributed by atoms with Gasteiger partial charge in [-0.3, -0.25) is 0 Å². The molecule has 0 bridgehead atoms. The molecule has 2 unspecified atom stereocenters. The molecule has 42 valence electrons. The van der Waals surface area contributed by atoms with Crippen LogP contribution in [-0.2, 0) is 0 Å². The second-order valence-corrected chi connectivity index (χ2v) is 1.46. The lowest BCUT2D eigenvalue weighted by atomic mass is 10.2. The molecule has 0 spiro atoms. The van der Waals surface area contributed by atoms with Crippen LogP contribution in [0.4, 0.5) is 0 Å². The van der Waals surface area contributed by atoms with Crippen molar-refractivity contribution in [2.45, 2.75) is 32.6 Å². The molecule has 0 radical (unpaired) electrons. The Morgan fingerprint density at radius 3 is 2.86 bits per heavy atom. The molecule has 0 aromatic carbocycles. The van der Waals surface area contributed by atoms with Crippen molar-refractivity contribution in [1.82, 2.24) is 0 Å². The van der Waals surface area contributed by atoms with Crippen molar-refractivity contribution in [1.29, 1.82) is 0 Å². The summed E-state index contributed by atoms with van der Waals surface area (Å²) >= 11 is 0. The first-order valence-electron chi connectivity index (χ1n) is 3.79. The van der Waals surface area contributed by atoms with Crippen molar-refractivity contribution in [2.75, 3.05) is 0 Å². The van der Waals surface area contributed by atoms with Crippen molar-refractivity contribution < 1.29 is 2.74 Å². The van der Waals surface area contributed by atoms with E-state index in [4.69, 9.17) is 2.74 Å². The van der Waals surface area contributed by atoms with Gasteiger partial charge in [-0.2, -0.15) is 0 Å². The minimum absolute atomic E-state index is 0.0298. The predicted molar refractivity (Wildman–Crippen MR) is 34.3 cm³/mol. The lowest BCUT2D eigenvalue weighted by molar-refractivity contribution is 0.730. The summed E-state index contributed by atoms with van der Waals surface area (Å²) in [5.41, 5.74) is 0. The van der Waals surface area contributed by atoms with E-state index < -0.39 is 0 Å². The second-order valence-electron chi connectivity index (χ2n) is 1.46. The molecule has 0 N–H and O–H groups in total. The van der Waals surface area contributed by atoms with Crippen molar-refractivity contribution >= 4 is 0 Å². The van der Waals surface area contributed by atoms with Gasteiger partial charge < -0.3 is 0 Å². The van der Waals surface area contributed by atoms with Crippen molar-refractivity contribution in [2.24, 2.45) is 0 Å². The highest BCUT2D eigenvalue weighted by Crippen LogP contribution is 1.97. The maximum absolute atomic E-state index is 7.21. The fourth-order valence-corrected chi connectivity index (χ4v) is 0.381. The number of allylic oxidation sites excluding steroid dienone is 1. The van der Waals surface area contributed by atoms with Gasteiger partial charge in [0.2, 0.25) is 0 Å². The summed E-state index contributed by atoms with van der Waals surface area (Å²) < 4.78 is 14.3. The first kappa shape index (κ1) is 3.71. The van der Waals surface area contributed by atoms with Crippen LogP contribution in [0.3, 0.4) is 0 Å². The SMILES string of the molecule is [2H]C(C)CCC([2H])C=C. The Balaban J connectivity index is 3.16. The Bertz CT molecular complexity index is 79.0. The highest BCUT2D eigenvalue weighted by atomic mass is 13.8. The van der Waals surface area contributed by atoms with Gasteiger partial charge in [0.1, 0.15) is 0 Å². The van der Waals surface area contributed by atoms with E-state index >= 15 is 0 Å². The minimum atomic E-state index is -0.169. The van der Waals surface area contributed by atoms with Crippen LogP contribution in [-0.4, -0.2) is 0 Å². The lowest BCUT2D eigenvalue weighted by Crippen LogP contribution is -1.67. The van der Waals surface area contributed by atoms with Crippen LogP contribution >= 0.6 is 0 Å². The summed E-state index contributed by atoms with van der Waals surface area (Å²) in [6.07, 6.45) is 2.99. The largest absolute Gasteiger partial charge is 0.103 e. The van der Waals surface area contributed by atoms with E-state index in [1.54, 1.807) is 6.08 Å². The lowest BCUT2D eigenvalue weighted by Gasteiger charge is -1.87. The zero-order valence-corrected chi connectivity index (χ0v) is 4.85. The van der Waals surface area contributed by atoms with Crippen molar-refractivity contribution in [3.8, 4) is 0 Å². The van der Waals surface area contributed by atoms with E-state index in [2.05, 4.69) is 6.58 Å². The quantitative estimate of drug-likeness (QED) is 0.476. The van der Waals surface area contributed by atoms with Crippen molar-refractivity contribution in [3.63, 3.8) is 0 Å². The van der Waals surface area contributed by atoms with Gasteiger partial charge in [-0.15, -0.1) is 6.58 Å². The summed E-state index contributed by atoms with van der Waals surface area (Å²) in [5, 5.41) is 0. The highest BCUT2D eigenvalue weighted by Gasteiger charge is 1.77. The molecule has 2 atom stereocenters. The highest BCUT2D eigenvalue weighted by molar-refractivity contribution is 4.64. The fraction of sp³-hybridized carbons (Fsp3) is 0.714. The molecular formula is C7H14. The van der Waals surface area contributed by atoms with Gasteiger partial charge in [0.05, 0.1) is 0 Å². The summed E-state index contributed by atoms with van der Waals surface area (Å²) in [6, 6.07) is 0. The third-order valence-electron chi connectivity index (χ3n) is 0.789. The molecule has 0 amide bonds. The molecule has 0 nitrogen and oxygen atoms in total. The third kappa shape index (κ3) is 5.74. The molecule has 0 rings (SSSR count). The van der Waals surface area contributed by atoms with Crippen LogP contribution in [0.25, 0.3) is 0 Å². The molecule has 7 heavy (non-hydrogen) atoms. The zero-order valence-electron chi connectivity index (χ0n) is 6.85. The van der Waals surface area contributed by atoms with Gasteiger partial charge in [-0.1, -0.05) is 25.8 Å². The van der Waals surface area contributed by atoms with Crippen LogP contribution in [0.15, 0.2) is 12.7 Å². The standard InChI is InChI=1S/C7H14/c1-3-5-7-6-4-2/h3H,1,4-7H2,2H3/i4D,5D. The molecule has 0 heterocycles. The molecule has 0 saturated heterocycles. The Hall–Kier alpha value is -0.260. The van der Waals surface area contributed by atoms with E-state index in [0.717, 1.165) is 12.8 Å². The fourth-order valence-electron chi connectivity index (χ4n) is 0.381. The molecule has 0 fully saturated rings. The maximum atomic E-state index is 7.21. The number of hydrogen-bond donors (Lipinski definition) is 0. The summed E-state index contributed by atoms with van der Waals surface area (Å²) in [6.45, 7) is 5.33. The van der Waals surface area contributed by atoms with Gasteiger partial charge in [0.25, 0.3) is 0 Å². The monoisotopic (exact) mass is 100 g/mol. The second kappa shape index (κ2) is 5.74. The van der Waals surface area contributed by atoms with E-state index in [1.807, 2.05) is 6.92 Å². The topological polar surface area (TPSA) is 0 Å². The Kier molecular flexibility index (Phi) is 3.04. The Morgan fingerprint density at radius 1 is 1.71 bits per heavy atom. The van der Waals surface area contributed by atoms with Crippen LogP contribution in [0, 0.1) is 0 Å². The summed E-state index contributed by atoms with van der Waals surface area (Å²) in [7, 11) is 0. The van der Waals surface area contributed by atoms with E-state index in [-0.39, 0.29) is 12.8 Å². The first-order valence-corrected chi connectivity index (χ1v) is 2.64. The Morgan fingerprint density at radius 2 is 2.43 bits per heavy atom. The Labute approximate surface area is 49.0 Å². The van der Waals surface area contributed by atoms with Gasteiger partial charge in [-0.25, -0.2) is 0 Å². The molecule has 0 saturated carbocycles. The van der Waals surface area contributed by atoms with Gasteiger partial charge >= 0.3 is 0 Å². The first-order chi connectivity index (χ1) is 4.16. The number of rotatable bonds is 4. The molecule has 0 aromatic heterocycles. The summed E-state index contributed by atoms with van der Waals surface area (Å²) in [4.78, 5) is 0. The maximum Gasteiger partial charge on any atom is 0.0310 e. The van der Waals surface area contributed by atoms with E-state index in [9.17, 15) is 0 Å². The molecule has 0 aliphatic heterocycles. The van der Waals surface area contributed by atoms with Gasteiger partial charge in [0.15, 0.2) is 0 Å². The van der Waals surface area contributed by atoms with Crippen LogP contribution in [0.2, 0.25) is 0 Å². The summed E-state index contributed by atoms with van der Waals surface area (Å²) in [5.74, 6) is 0. The number of hydrogen-bond acceptors (Lipinski definition) is 0. The average Bonchev–Trinajstić information content (AvgIpc) is 1.83. The zero-order chi connectivity index (χ0) is 7.28. The van der Waals surface area contributed by atoms with Gasteiger partial charge in [-0.05, 0) is 12.8 Å². The molecule has 0 aliphatic rings. The third-order valence-corrected chi connectivity index (χ3v) is 0.789. The average molecular weight is 100 g/mol. The molecule has 0 heteroatoms. The van der Waals surface area contributed by atoms with E-state index in [0.29, 0.717) is 0 Å². The minimum Gasteiger partial charge on any atom is -0.103 e. The van der Waals surface area contributed by atoms with Crippen LogP contribution in [0.5, 0.6) is 0 Å². The molecular weight excluding hydrogens is 84.1 g/mol. The smallest absolute Gasteiger partial charge is 0.0310 e. The predicted octanol–water partition coefficient (Wildman–Crippen LogP) is 2.75. The van der Waals surface area contributed by atoms with Gasteiger partial charge in [0, 0.05) is 2.74 Å². The van der Waals surface area contributed by atoms with Crippen LogP contribution < -0.4 is 0 Å². The van der Waals surface area contributed by atoms with Crippen molar-refractivity contribution in [3.05, 3.63) is 12.7 Å². The van der Waals surface area contributed by atoms with E-state index in [1.165, 1.54) is 0 Å². The normalized spacial score (nSPS) is 21.9. The van der Waals surface area contributed by atoms with Crippen LogP contribution in [0.1, 0.15) is 35.3 Å². The molecule has 0 aliphatic carbocycles.